The second-order valence-corrected chi connectivity index (χ2v) is 4.84. The van der Waals surface area contributed by atoms with Crippen molar-refractivity contribution in [3.8, 4) is 0 Å². The molecule has 1 aromatic rings. The minimum absolute atomic E-state index is 0.226. The predicted molar refractivity (Wildman–Crippen MR) is 76.1 cm³/mol. The first-order valence-electron chi connectivity index (χ1n) is 6.59. The molecule has 0 saturated carbocycles. The van der Waals surface area contributed by atoms with E-state index < -0.39 is 0 Å². The zero-order chi connectivity index (χ0) is 14.3. The van der Waals surface area contributed by atoms with Crippen LogP contribution in [0.25, 0.3) is 0 Å². The molecule has 6 nitrogen and oxygen atoms in total. The van der Waals surface area contributed by atoms with Gasteiger partial charge < -0.3 is 16.0 Å². The average molecular weight is 265 g/mol. The first-order valence-corrected chi connectivity index (χ1v) is 6.59. The summed E-state index contributed by atoms with van der Waals surface area (Å²) in [5, 5.41) is 10.6. The Bertz CT molecular complexity index is 391. The molecule has 0 fully saturated rings. The Kier molecular flexibility index (Phi) is 6.21. The van der Waals surface area contributed by atoms with Crippen molar-refractivity contribution in [2.45, 2.75) is 20.3 Å². The molecule has 106 valence electrons. The Morgan fingerprint density at radius 1 is 1.42 bits per heavy atom. The summed E-state index contributed by atoms with van der Waals surface area (Å²) < 4.78 is 0. The molecule has 0 spiro atoms. The summed E-state index contributed by atoms with van der Waals surface area (Å²) in [7, 11) is 1.57. The summed E-state index contributed by atoms with van der Waals surface area (Å²) in [6.07, 6.45) is 0.908. The second-order valence-electron chi connectivity index (χ2n) is 4.84. The third kappa shape index (κ3) is 4.82. The van der Waals surface area contributed by atoms with E-state index in [2.05, 4.69) is 34.3 Å². The largest absolute Gasteiger partial charge is 0.355 e. The maximum Gasteiger partial charge on any atom is 0.271 e. The molecule has 0 saturated heterocycles. The number of hydrogen-bond acceptors (Lipinski definition) is 5. The van der Waals surface area contributed by atoms with E-state index in [4.69, 9.17) is 5.73 Å². The maximum atomic E-state index is 11.4. The van der Waals surface area contributed by atoms with Crippen LogP contribution in [0.5, 0.6) is 0 Å². The Hall–Kier alpha value is -1.69. The van der Waals surface area contributed by atoms with Gasteiger partial charge in [0.1, 0.15) is 0 Å². The van der Waals surface area contributed by atoms with Crippen LogP contribution in [-0.4, -0.2) is 42.8 Å². The molecule has 0 radical (unpaired) electrons. The van der Waals surface area contributed by atoms with Crippen LogP contribution < -0.4 is 16.0 Å². The highest BCUT2D eigenvalue weighted by Crippen LogP contribution is 2.12. The molecule has 1 rings (SSSR count). The molecular formula is C13H23N5O. The number of amides is 1. The molecule has 1 heterocycles. The summed E-state index contributed by atoms with van der Waals surface area (Å²) in [6.45, 7) is 6.71. The lowest BCUT2D eigenvalue weighted by atomic mass is 10.2. The molecule has 0 aliphatic rings. The van der Waals surface area contributed by atoms with Gasteiger partial charge in [-0.3, -0.25) is 4.79 Å². The number of anilines is 1. The van der Waals surface area contributed by atoms with Crippen LogP contribution in [0.3, 0.4) is 0 Å². The summed E-state index contributed by atoms with van der Waals surface area (Å²) in [6, 6.07) is 3.52. The smallest absolute Gasteiger partial charge is 0.271 e. The molecule has 6 heteroatoms. The number of nitrogens with zero attached hydrogens (tertiary/aromatic N) is 3. The molecular weight excluding hydrogens is 242 g/mol. The van der Waals surface area contributed by atoms with Crippen molar-refractivity contribution in [2.75, 3.05) is 31.6 Å². The van der Waals surface area contributed by atoms with E-state index in [1.54, 1.807) is 13.1 Å². The van der Waals surface area contributed by atoms with Crippen molar-refractivity contribution in [2.24, 2.45) is 11.7 Å². The van der Waals surface area contributed by atoms with Crippen LogP contribution in [-0.2, 0) is 0 Å². The fraction of sp³-hybridized carbons (Fsp3) is 0.615. The summed E-state index contributed by atoms with van der Waals surface area (Å²) in [5.74, 6) is 1.09. The van der Waals surface area contributed by atoms with Crippen LogP contribution in [0.2, 0.25) is 0 Å². The van der Waals surface area contributed by atoms with E-state index in [1.165, 1.54) is 0 Å². The third-order valence-corrected chi connectivity index (χ3v) is 2.65. The van der Waals surface area contributed by atoms with Gasteiger partial charge >= 0.3 is 0 Å². The molecule has 0 unspecified atom stereocenters. The van der Waals surface area contributed by atoms with Gasteiger partial charge in [0.05, 0.1) is 0 Å². The first-order chi connectivity index (χ1) is 9.08. The molecule has 1 aromatic heterocycles. The van der Waals surface area contributed by atoms with Gasteiger partial charge in [-0.05, 0) is 31.0 Å². The van der Waals surface area contributed by atoms with Crippen molar-refractivity contribution in [3.63, 3.8) is 0 Å². The number of aromatic nitrogens is 2. The number of carbonyl (C=O) groups excluding carboxylic acids is 1. The number of nitrogens with one attached hydrogen (secondary N) is 1. The minimum atomic E-state index is -0.226. The minimum Gasteiger partial charge on any atom is -0.355 e. The highest BCUT2D eigenvalue weighted by molar-refractivity contribution is 5.91. The van der Waals surface area contributed by atoms with Crippen LogP contribution >= 0.6 is 0 Å². The fourth-order valence-corrected chi connectivity index (χ4v) is 1.77. The Balaban J connectivity index is 2.80. The molecule has 0 aromatic carbocycles. The molecule has 0 bridgehead atoms. The fourth-order valence-electron chi connectivity index (χ4n) is 1.77. The van der Waals surface area contributed by atoms with Gasteiger partial charge in [0.25, 0.3) is 5.91 Å². The molecule has 0 aliphatic carbocycles. The highest BCUT2D eigenvalue weighted by Gasteiger charge is 2.12. The third-order valence-electron chi connectivity index (χ3n) is 2.65. The van der Waals surface area contributed by atoms with Gasteiger partial charge in [0.2, 0.25) is 0 Å². The summed E-state index contributed by atoms with van der Waals surface area (Å²) >= 11 is 0. The van der Waals surface area contributed by atoms with E-state index in [0.717, 1.165) is 25.3 Å². The lowest BCUT2D eigenvalue weighted by Gasteiger charge is -2.24. The van der Waals surface area contributed by atoms with Crippen molar-refractivity contribution in [1.29, 1.82) is 0 Å². The van der Waals surface area contributed by atoms with Crippen molar-refractivity contribution in [3.05, 3.63) is 17.8 Å². The van der Waals surface area contributed by atoms with Gasteiger partial charge in [-0.2, -0.15) is 0 Å². The normalized spacial score (nSPS) is 10.6. The molecule has 1 amide bonds. The van der Waals surface area contributed by atoms with Crippen LogP contribution in [0.1, 0.15) is 30.8 Å². The number of rotatable bonds is 7. The summed E-state index contributed by atoms with van der Waals surface area (Å²) in [4.78, 5) is 13.6. The van der Waals surface area contributed by atoms with Crippen molar-refractivity contribution >= 4 is 11.7 Å². The molecule has 0 atom stereocenters. The number of carbonyl (C=O) groups is 1. The first kappa shape index (κ1) is 15.4. The number of hydrogen-bond donors (Lipinski definition) is 2. The zero-order valence-electron chi connectivity index (χ0n) is 11.9. The van der Waals surface area contributed by atoms with Gasteiger partial charge in [-0.25, -0.2) is 0 Å². The Labute approximate surface area is 114 Å². The lowest BCUT2D eigenvalue weighted by Crippen LogP contribution is -2.31. The number of nitrogens with two attached hydrogens (primary N) is 1. The van der Waals surface area contributed by atoms with Gasteiger partial charge in [-0.15, -0.1) is 10.2 Å². The average Bonchev–Trinajstić information content (AvgIpc) is 2.42. The van der Waals surface area contributed by atoms with Crippen LogP contribution in [0.4, 0.5) is 5.82 Å². The van der Waals surface area contributed by atoms with E-state index in [0.29, 0.717) is 18.2 Å². The van der Waals surface area contributed by atoms with E-state index in [1.807, 2.05) is 6.07 Å². The van der Waals surface area contributed by atoms with Gasteiger partial charge in [0, 0.05) is 20.1 Å². The SMILES string of the molecule is CNC(=O)c1ccc(N(CCCN)CC(C)C)nn1. The lowest BCUT2D eigenvalue weighted by molar-refractivity contribution is 0.0957. The zero-order valence-corrected chi connectivity index (χ0v) is 11.9. The van der Waals surface area contributed by atoms with Crippen molar-refractivity contribution < 1.29 is 4.79 Å². The Morgan fingerprint density at radius 3 is 2.63 bits per heavy atom. The van der Waals surface area contributed by atoms with Gasteiger partial charge in [0.15, 0.2) is 11.5 Å². The van der Waals surface area contributed by atoms with E-state index in [-0.39, 0.29) is 5.91 Å². The van der Waals surface area contributed by atoms with Gasteiger partial charge in [-0.1, -0.05) is 13.8 Å². The summed E-state index contributed by atoms with van der Waals surface area (Å²) in [5.41, 5.74) is 5.88. The van der Waals surface area contributed by atoms with Crippen molar-refractivity contribution in [1.82, 2.24) is 15.5 Å². The molecule has 19 heavy (non-hydrogen) atoms. The van der Waals surface area contributed by atoms with Crippen LogP contribution in [0, 0.1) is 5.92 Å². The maximum absolute atomic E-state index is 11.4. The molecule has 3 N–H and O–H groups in total. The molecule has 0 aliphatic heterocycles. The van der Waals surface area contributed by atoms with E-state index in [9.17, 15) is 4.79 Å². The van der Waals surface area contributed by atoms with Crippen LogP contribution in [0.15, 0.2) is 12.1 Å². The second kappa shape index (κ2) is 7.68. The highest BCUT2D eigenvalue weighted by atomic mass is 16.1. The quantitative estimate of drug-likeness (QED) is 0.756. The monoisotopic (exact) mass is 265 g/mol. The van der Waals surface area contributed by atoms with E-state index >= 15 is 0 Å². The topological polar surface area (TPSA) is 84.1 Å². The Morgan fingerprint density at radius 2 is 2.16 bits per heavy atom. The predicted octanol–water partition coefficient (Wildman–Crippen LogP) is 0.647. The standard InChI is InChI=1S/C13H23N5O/c1-10(2)9-18(8-4-7-14)12-6-5-11(16-17-12)13(19)15-3/h5-6,10H,4,7-9,14H2,1-3H3,(H,15,19).